The van der Waals surface area contributed by atoms with Crippen LogP contribution in [-0.2, 0) is 0 Å². The highest BCUT2D eigenvalue weighted by atomic mass is 15.0. The van der Waals surface area contributed by atoms with Crippen molar-refractivity contribution in [1.82, 2.24) is 15.0 Å². The first-order valence-electron chi connectivity index (χ1n) is 17.6. The molecule has 0 atom stereocenters. The fourth-order valence-corrected chi connectivity index (χ4v) is 7.51. The summed E-state index contributed by atoms with van der Waals surface area (Å²) in [6.45, 7) is 0. The minimum Gasteiger partial charge on any atom is -0.208 e. The van der Waals surface area contributed by atoms with Gasteiger partial charge in [-0.3, -0.25) is 0 Å². The SMILES string of the molecule is c1ccc(-c2nc(-c3ccccc3)nc(-c3ccc(-c4ccc(-c5ccc6c7ccccc7c7ccc8ccccc8c7c6c5)cc4)cc3)n2)cc1. The standard InChI is InChI=1S/C49H31N3/c1-3-12-36(13-4-1)47-50-48(37-14-5-2-6-15-37)52-49(51-47)38-25-23-33(24-26-38)32-19-21-34(22-20-32)39-28-29-43-41-17-9-10-18-42(41)44-30-27-35-11-7-8-16-40(35)46(44)45(43)31-39/h1-31H. The molecule has 0 fully saturated rings. The molecule has 52 heavy (non-hydrogen) atoms. The first kappa shape index (κ1) is 29.9. The van der Waals surface area contributed by atoms with Crippen molar-refractivity contribution >= 4 is 43.1 Å². The third-order valence-electron chi connectivity index (χ3n) is 10.1. The van der Waals surface area contributed by atoms with Crippen LogP contribution in [0.15, 0.2) is 188 Å². The molecule has 0 radical (unpaired) electrons. The zero-order chi connectivity index (χ0) is 34.4. The Morgan fingerprint density at radius 1 is 0.231 bits per heavy atom. The molecule has 0 saturated carbocycles. The second-order valence-electron chi connectivity index (χ2n) is 13.2. The highest BCUT2D eigenvalue weighted by Crippen LogP contribution is 2.40. The van der Waals surface area contributed by atoms with Crippen LogP contribution in [0.3, 0.4) is 0 Å². The molecular weight excluding hydrogens is 631 g/mol. The number of rotatable bonds is 5. The van der Waals surface area contributed by atoms with Crippen LogP contribution >= 0.6 is 0 Å². The van der Waals surface area contributed by atoms with E-state index in [-0.39, 0.29) is 0 Å². The van der Waals surface area contributed by atoms with Gasteiger partial charge in [0.15, 0.2) is 17.5 Å². The van der Waals surface area contributed by atoms with Crippen molar-refractivity contribution in [3.63, 3.8) is 0 Å². The predicted octanol–water partition coefficient (Wildman–Crippen LogP) is 12.8. The Morgan fingerprint density at radius 2 is 0.615 bits per heavy atom. The van der Waals surface area contributed by atoms with Crippen LogP contribution < -0.4 is 0 Å². The van der Waals surface area contributed by atoms with E-state index in [4.69, 9.17) is 15.0 Å². The van der Waals surface area contributed by atoms with Crippen LogP contribution in [0.1, 0.15) is 0 Å². The van der Waals surface area contributed by atoms with Gasteiger partial charge in [0.05, 0.1) is 0 Å². The summed E-state index contributed by atoms with van der Waals surface area (Å²) in [6, 6.07) is 66.5. The summed E-state index contributed by atoms with van der Waals surface area (Å²) in [5.41, 5.74) is 7.55. The Labute approximate surface area is 301 Å². The van der Waals surface area contributed by atoms with Gasteiger partial charge in [0, 0.05) is 16.7 Å². The lowest BCUT2D eigenvalue weighted by Crippen LogP contribution is -2.00. The van der Waals surface area contributed by atoms with E-state index >= 15 is 0 Å². The van der Waals surface area contributed by atoms with Crippen LogP contribution in [0.4, 0.5) is 0 Å². The molecule has 0 unspecified atom stereocenters. The van der Waals surface area contributed by atoms with Crippen molar-refractivity contribution in [3.8, 4) is 56.4 Å². The number of fused-ring (bicyclic) bond motifs is 8. The molecule has 9 aromatic carbocycles. The maximum atomic E-state index is 4.90. The normalized spacial score (nSPS) is 11.5. The van der Waals surface area contributed by atoms with Crippen molar-refractivity contribution in [2.75, 3.05) is 0 Å². The molecule has 0 bridgehead atoms. The third-order valence-corrected chi connectivity index (χ3v) is 10.1. The first-order valence-corrected chi connectivity index (χ1v) is 17.6. The van der Waals surface area contributed by atoms with Crippen LogP contribution in [0.5, 0.6) is 0 Å². The number of aromatic nitrogens is 3. The highest BCUT2D eigenvalue weighted by Gasteiger charge is 2.14. The van der Waals surface area contributed by atoms with Crippen molar-refractivity contribution in [2.24, 2.45) is 0 Å². The maximum Gasteiger partial charge on any atom is 0.164 e. The van der Waals surface area contributed by atoms with Gasteiger partial charge < -0.3 is 0 Å². The molecular formula is C49H31N3. The van der Waals surface area contributed by atoms with Gasteiger partial charge in [-0.25, -0.2) is 15.0 Å². The summed E-state index contributed by atoms with van der Waals surface area (Å²) in [5, 5.41) is 10.3. The summed E-state index contributed by atoms with van der Waals surface area (Å²) < 4.78 is 0. The lowest BCUT2D eigenvalue weighted by Gasteiger charge is -2.14. The van der Waals surface area contributed by atoms with E-state index in [1.807, 2.05) is 60.7 Å². The Morgan fingerprint density at radius 3 is 1.19 bits per heavy atom. The smallest absolute Gasteiger partial charge is 0.164 e. The first-order chi connectivity index (χ1) is 25.8. The quantitative estimate of drug-likeness (QED) is 0.172. The van der Waals surface area contributed by atoms with Gasteiger partial charge in [0.1, 0.15) is 0 Å². The average Bonchev–Trinajstić information content (AvgIpc) is 3.24. The Balaban J connectivity index is 1.01. The number of benzene rings is 9. The minimum atomic E-state index is 0.652. The Hall–Kier alpha value is -6.97. The van der Waals surface area contributed by atoms with Crippen LogP contribution in [0.25, 0.3) is 99.5 Å². The van der Waals surface area contributed by atoms with Gasteiger partial charge in [0.25, 0.3) is 0 Å². The van der Waals surface area contributed by atoms with Gasteiger partial charge in [-0.2, -0.15) is 0 Å². The van der Waals surface area contributed by atoms with E-state index in [9.17, 15) is 0 Å². The summed E-state index contributed by atoms with van der Waals surface area (Å²) in [7, 11) is 0. The molecule has 1 heterocycles. The molecule has 0 aliphatic carbocycles. The van der Waals surface area contributed by atoms with Gasteiger partial charge in [0.2, 0.25) is 0 Å². The van der Waals surface area contributed by atoms with E-state index in [0.29, 0.717) is 17.5 Å². The topological polar surface area (TPSA) is 38.7 Å². The van der Waals surface area contributed by atoms with Gasteiger partial charge in [-0.1, -0.05) is 182 Å². The molecule has 1 aromatic heterocycles. The van der Waals surface area contributed by atoms with Crippen LogP contribution in [-0.4, -0.2) is 15.0 Å². The van der Waals surface area contributed by atoms with Gasteiger partial charge in [-0.15, -0.1) is 0 Å². The average molecular weight is 662 g/mol. The van der Waals surface area contributed by atoms with E-state index in [1.54, 1.807) is 0 Å². The van der Waals surface area contributed by atoms with E-state index in [1.165, 1.54) is 54.2 Å². The lowest BCUT2D eigenvalue weighted by atomic mass is 9.89. The second-order valence-corrected chi connectivity index (χ2v) is 13.2. The molecule has 242 valence electrons. The summed E-state index contributed by atoms with van der Waals surface area (Å²) >= 11 is 0. The van der Waals surface area contributed by atoms with Crippen molar-refractivity contribution in [2.45, 2.75) is 0 Å². The lowest BCUT2D eigenvalue weighted by molar-refractivity contribution is 1.07. The molecule has 10 rings (SSSR count). The van der Waals surface area contributed by atoms with E-state index in [0.717, 1.165) is 27.8 Å². The molecule has 0 saturated heterocycles. The number of hydrogen-bond acceptors (Lipinski definition) is 3. The third kappa shape index (κ3) is 5.19. The monoisotopic (exact) mass is 661 g/mol. The molecule has 10 aromatic rings. The summed E-state index contributed by atoms with van der Waals surface area (Å²) in [4.78, 5) is 14.6. The second kappa shape index (κ2) is 12.4. The Kier molecular flexibility index (Phi) is 7.14. The van der Waals surface area contributed by atoms with E-state index < -0.39 is 0 Å². The van der Waals surface area contributed by atoms with E-state index in [2.05, 4.69) is 127 Å². The van der Waals surface area contributed by atoms with Crippen molar-refractivity contribution < 1.29 is 0 Å². The zero-order valence-electron chi connectivity index (χ0n) is 28.2. The van der Waals surface area contributed by atoms with Gasteiger partial charge >= 0.3 is 0 Å². The molecule has 3 nitrogen and oxygen atoms in total. The zero-order valence-corrected chi connectivity index (χ0v) is 28.2. The number of nitrogens with zero attached hydrogens (tertiary/aromatic N) is 3. The fourth-order valence-electron chi connectivity index (χ4n) is 7.51. The Bertz CT molecular complexity index is 2860. The highest BCUT2D eigenvalue weighted by molar-refractivity contribution is 6.31. The van der Waals surface area contributed by atoms with Crippen molar-refractivity contribution in [3.05, 3.63) is 188 Å². The molecule has 0 N–H and O–H groups in total. The maximum absolute atomic E-state index is 4.90. The summed E-state index contributed by atoms with van der Waals surface area (Å²) in [5.74, 6) is 1.97. The van der Waals surface area contributed by atoms with Crippen LogP contribution in [0.2, 0.25) is 0 Å². The predicted molar refractivity (Wildman–Crippen MR) is 217 cm³/mol. The summed E-state index contributed by atoms with van der Waals surface area (Å²) in [6.07, 6.45) is 0. The molecule has 0 aliphatic rings. The fraction of sp³-hybridized carbons (Fsp3) is 0. The minimum absolute atomic E-state index is 0.652. The van der Waals surface area contributed by atoms with Crippen LogP contribution in [0, 0.1) is 0 Å². The molecule has 3 heteroatoms. The number of hydrogen-bond donors (Lipinski definition) is 0. The molecule has 0 spiro atoms. The molecule has 0 aliphatic heterocycles. The molecule has 0 amide bonds. The largest absolute Gasteiger partial charge is 0.208 e. The van der Waals surface area contributed by atoms with Gasteiger partial charge in [-0.05, 0) is 71.4 Å². The van der Waals surface area contributed by atoms with Crippen molar-refractivity contribution in [1.29, 1.82) is 0 Å².